The van der Waals surface area contributed by atoms with Crippen LogP contribution < -0.4 is 5.32 Å². The van der Waals surface area contributed by atoms with Gasteiger partial charge in [0.1, 0.15) is 0 Å². The van der Waals surface area contributed by atoms with Gasteiger partial charge < -0.3 is 5.32 Å². The molecule has 2 atom stereocenters. The molecule has 3 heteroatoms. The van der Waals surface area contributed by atoms with Crippen molar-refractivity contribution in [3.05, 3.63) is 22.4 Å². The summed E-state index contributed by atoms with van der Waals surface area (Å²) in [5, 5.41) is 5.85. The number of nitrogens with one attached hydrogen (secondary N) is 1. The number of thioether (sulfide) groups is 1. The third-order valence-corrected chi connectivity index (χ3v) is 4.19. The highest BCUT2D eigenvalue weighted by atomic mass is 32.2. The number of thiophene rings is 1. The van der Waals surface area contributed by atoms with Gasteiger partial charge in [-0.1, -0.05) is 13.0 Å². The zero-order valence-electron chi connectivity index (χ0n) is 9.82. The lowest BCUT2D eigenvalue weighted by Crippen LogP contribution is -2.38. The normalized spacial score (nSPS) is 15.1. The highest BCUT2D eigenvalue weighted by molar-refractivity contribution is 7.98. The van der Waals surface area contributed by atoms with Crippen molar-refractivity contribution in [3.63, 3.8) is 0 Å². The third-order valence-electron chi connectivity index (χ3n) is 2.46. The molecule has 0 aromatic carbocycles. The second-order valence-electron chi connectivity index (χ2n) is 3.91. The van der Waals surface area contributed by atoms with Crippen molar-refractivity contribution >= 4 is 23.1 Å². The summed E-state index contributed by atoms with van der Waals surface area (Å²) in [5.74, 6) is 1.20. The molecular weight excluding hydrogens is 222 g/mol. The van der Waals surface area contributed by atoms with Crippen LogP contribution >= 0.6 is 23.1 Å². The van der Waals surface area contributed by atoms with Gasteiger partial charge in [-0.25, -0.2) is 0 Å². The van der Waals surface area contributed by atoms with Crippen molar-refractivity contribution in [3.8, 4) is 0 Å². The van der Waals surface area contributed by atoms with Crippen LogP contribution in [0.1, 0.15) is 25.1 Å². The van der Waals surface area contributed by atoms with Crippen LogP contribution in [0, 0.1) is 0 Å². The number of hydrogen-bond donors (Lipinski definition) is 1. The SMILES string of the molecule is CCC(Cc1cccs1)NC(C)CSC. The molecule has 0 saturated heterocycles. The molecule has 0 amide bonds. The topological polar surface area (TPSA) is 12.0 Å². The van der Waals surface area contributed by atoms with E-state index in [0.29, 0.717) is 12.1 Å². The summed E-state index contributed by atoms with van der Waals surface area (Å²) < 4.78 is 0. The molecule has 1 nitrogen and oxygen atoms in total. The largest absolute Gasteiger partial charge is 0.310 e. The summed E-state index contributed by atoms with van der Waals surface area (Å²) >= 11 is 3.77. The predicted octanol–water partition coefficient (Wildman–Crippen LogP) is 3.41. The molecular formula is C12H21NS2. The number of hydrogen-bond acceptors (Lipinski definition) is 3. The Morgan fingerprint density at radius 1 is 1.53 bits per heavy atom. The van der Waals surface area contributed by atoms with Crippen LogP contribution in [0.15, 0.2) is 17.5 Å². The summed E-state index contributed by atoms with van der Waals surface area (Å²) in [6.45, 7) is 4.53. The first kappa shape index (κ1) is 13.1. The maximum Gasteiger partial charge on any atom is 0.0132 e. The zero-order valence-corrected chi connectivity index (χ0v) is 11.5. The van der Waals surface area contributed by atoms with E-state index in [9.17, 15) is 0 Å². The molecule has 1 aromatic rings. The fourth-order valence-corrected chi connectivity index (χ4v) is 3.08. The third kappa shape index (κ3) is 5.05. The van der Waals surface area contributed by atoms with Crippen molar-refractivity contribution in [1.29, 1.82) is 0 Å². The van der Waals surface area contributed by atoms with Gasteiger partial charge in [0.15, 0.2) is 0 Å². The lowest BCUT2D eigenvalue weighted by Gasteiger charge is -2.21. The Labute approximate surface area is 102 Å². The minimum absolute atomic E-state index is 0.616. The van der Waals surface area contributed by atoms with Gasteiger partial charge in [-0.3, -0.25) is 0 Å². The molecule has 1 aromatic heterocycles. The first-order chi connectivity index (χ1) is 7.26. The van der Waals surface area contributed by atoms with Crippen molar-refractivity contribution in [2.24, 2.45) is 0 Å². The molecule has 1 rings (SSSR count). The molecule has 0 spiro atoms. The van der Waals surface area contributed by atoms with Gasteiger partial charge in [0.2, 0.25) is 0 Å². The summed E-state index contributed by atoms with van der Waals surface area (Å²) in [6, 6.07) is 5.61. The summed E-state index contributed by atoms with van der Waals surface area (Å²) in [5.41, 5.74) is 0. The van der Waals surface area contributed by atoms with Crippen LogP contribution in [0.25, 0.3) is 0 Å². The molecule has 0 saturated carbocycles. The van der Waals surface area contributed by atoms with Crippen LogP contribution in [0.3, 0.4) is 0 Å². The van der Waals surface area contributed by atoms with E-state index in [4.69, 9.17) is 0 Å². The smallest absolute Gasteiger partial charge is 0.0132 e. The van der Waals surface area contributed by atoms with Crippen LogP contribution in [0.4, 0.5) is 0 Å². The standard InChI is InChI=1S/C12H21NS2/c1-4-11(13-10(2)9-14-3)8-12-6-5-7-15-12/h5-7,10-11,13H,4,8-9H2,1-3H3. The lowest BCUT2D eigenvalue weighted by molar-refractivity contribution is 0.455. The first-order valence-corrected chi connectivity index (χ1v) is 7.81. The van der Waals surface area contributed by atoms with Gasteiger partial charge in [-0.05, 0) is 37.5 Å². The monoisotopic (exact) mass is 243 g/mol. The van der Waals surface area contributed by atoms with Gasteiger partial charge in [-0.2, -0.15) is 11.8 Å². The quantitative estimate of drug-likeness (QED) is 0.787. The molecule has 1 heterocycles. The van der Waals surface area contributed by atoms with E-state index in [1.807, 2.05) is 23.1 Å². The fourth-order valence-electron chi connectivity index (χ4n) is 1.69. The minimum atomic E-state index is 0.616. The molecule has 0 fully saturated rings. The van der Waals surface area contributed by atoms with E-state index in [-0.39, 0.29) is 0 Å². The summed E-state index contributed by atoms with van der Waals surface area (Å²) in [6.07, 6.45) is 4.54. The fraction of sp³-hybridized carbons (Fsp3) is 0.667. The molecule has 0 aliphatic heterocycles. The van der Waals surface area contributed by atoms with E-state index >= 15 is 0 Å². The Hall–Kier alpha value is 0.01000. The number of rotatable bonds is 7. The van der Waals surface area contributed by atoms with E-state index < -0.39 is 0 Å². The Balaban J connectivity index is 2.35. The van der Waals surface area contributed by atoms with Gasteiger partial charge >= 0.3 is 0 Å². The predicted molar refractivity (Wildman–Crippen MR) is 73.1 cm³/mol. The summed E-state index contributed by atoms with van der Waals surface area (Å²) in [4.78, 5) is 1.49. The summed E-state index contributed by atoms with van der Waals surface area (Å²) in [7, 11) is 0. The molecule has 0 aliphatic carbocycles. The van der Waals surface area contributed by atoms with Gasteiger partial charge in [0.05, 0.1) is 0 Å². The van der Waals surface area contributed by atoms with Crippen molar-refractivity contribution in [1.82, 2.24) is 5.32 Å². The van der Waals surface area contributed by atoms with Crippen molar-refractivity contribution in [2.45, 2.75) is 38.8 Å². The van der Waals surface area contributed by atoms with E-state index in [1.165, 1.54) is 23.5 Å². The van der Waals surface area contributed by atoms with Gasteiger partial charge in [0.25, 0.3) is 0 Å². The highest BCUT2D eigenvalue weighted by Gasteiger charge is 2.10. The zero-order chi connectivity index (χ0) is 11.1. The maximum atomic E-state index is 3.69. The van der Waals surface area contributed by atoms with E-state index in [0.717, 1.165) is 0 Å². The van der Waals surface area contributed by atoms with E-state index in [2.05, 4.69) is 42.9 Å². The Kier molecular flexibility index (Phi) is 6.37. The minimum Gasteiger partial charge on any atom is -0.310 e. The van der Waals surface area contributed by atoms with Gasteiger partial charge in [0, 0.05) is 22.7 Å². The van der Waals surface area contributed by atoms with Crippen LogP contribution in [-0.4, -0.2) is 24.1 Å². The Morgan fingerprint density at radius 3 is 2.87 bits per heavy atom. The molecule has 15 heavy (non-hydrogen) atoms. The molecule has 0 radical (unpaired) electrons. The molecule has 0 bridgehead atoms. The van der Waals surface area contributed by atoms with Crippen LogP contribution in [0.2, 0.25) is 0 Å². The molecule has 1 N–H and O–H groups in total. The Morgan fingerprint density at radius 2 is 2.33 bits per heavy atom. The Bertz CT molecular complexity index is 246. The highest BCUT2D eigenvalue weighted by Crippen LogP contribution is 2.13. The molecule has 86 valence electrons. The second-order valence-corrected chi connectivity index (χ2v) is 5.85. The average molecular weight is 243 g/mol. The lowest BCUT2D eigenvalue weighted by atomic mass is 10.1. The maximum absolute atomic E-state index is 3.69. The molecule has 0 aliphatic rings. The van der Waals surface area contributed by atoms with Crippen molar-refractivity contribution in [2.75, 3.05) is 12.0 Å². The van der Waals surface area contributed by atoms with Crippen molar-refractivity contribution < 1.29 is 0 Å². The van der Waals surface area contributed by atoms with Crippen LogP contribution in [0.5, 0.6) is 0 Å². The second kappa shape index (κ2) is 7.31. The molecule has 2 unspecified atom stereocenters. The van der Waals surface area contributed by atoms with Gasteiger partial charge in [-0.15, -0.1) is 11.3 Å². The van der Waals surface area contributed by atoms with Crippen LogP contribution in [-0.2, 0) is 6.42 Å². The average Bonchev–Trinajstić information content (AvgIpc) is 2.70. The van der Waals surface area contributed by atoms with E-state index in [1.54, 1.807) is 0 Å². The first-order valence-electron chi connectivity index (χ1n) is 5.53.